The number of hydrogen-bond acceptors (Lipinski definition) is 4. The lowest BCUT2D eigenvalue weighted by atomic mass is 10.1. The molecular weight excluding hydrogens is 341 g/mol. The van der Waals surface area contributed by atoms with Gasteiger partial charge in [-0.3, -0.25) is 4.98 Å². The Balaban J connectivity index is 1.56. The van der Waals surface area contributed by atoms with Crippen LogP contribution in [0.4, 0.5) is 10.1 Å². The molecule has 6 heteroatoms. The lowest BCUT2D eigenvalue weighted by Crippen LogP contribution is -2.18. The summed E-state index contributed by atoms with van der Waals surface area (Å²) in [5, 5.41) is 5.32. The molecule has 0 radical (unpaired) electrons. The van der Waals surface area contributed by atoms with Crippen molar-refractivity contribution in [1.82, 2.24) is 19.7 Å². The van der Waals surface area contributed by atoms with Crippen molar-refractivity contribution < 1.29 is 4.39 Å². The molecule has 1 aromatic carbocycles. The predicted octanol–water partition coefficient (Wildman–Crippen LogP) is 4.22. The van der Waals surface area contributed by atoms with Crippen molar-refractivity contribution in [1.29, 1.82) is 0 Å². The monoisotopic (exact) mass is 359 g/mol. The molecule has 0 unspecified atom stereocenters. The Morgan fingerprint density at radius 2 is 1.85 bits per heavy atom. The van der Waals surface area contributed by atoms with E-state index in [1.54, 1.807) is 17.1 Å². The van der Waals surface area contributed by atoms with Crippen molar-refractivity contribution in [3.8, 4) is 16.9 Å². The molecule has 1 aliphatic heterocycles. The van der Waals surface area contributed by atoms with Crippen LogP contribution in [0.2, 0.25) is 0 Å². The third-order valence-electron chi connectivity index (χ3n) is 4.97. The van der Waals surface area contributed by atoms with Crippen molar-refractivity contribution in [3.63, 3.8) is 0 Å². The largest absolute Gasteiger partial charge is 0.371 e. The Bertz CT molecular complexity index is 1100. The zero-order valence-electron chi connectivity index (χ0n) is 14.7. The molecule has 0 N–H and O–H groups in total. The number of pyridine rings is 2. The Morgan fingerprint density at radius 3 is 2.67 bits per heavy atom. The number of fused-ring (bicyclic) bond motifs is 1. The van der Waals surface area contributed by atoms with Crippen LogP contribution in [0.25, 0.3) is 28.0 Å². The highest BCUT2D eigenvalue weighted by molar-refractivity contribution is 5.80. The first-order valence-electron chi connectivity index (χ1n) is 9.10. The van der Waals surface area contributed by atoms with Gasteiger partial charge in [-0.1, -0.05) is 6.07 Å². The minimum absolute atomic E-state index is 0.296. The van der Waals surface area contributed by atoms with E-state index in [1.807, 2.05) is 42.6 Å². The van der Waals surface area contributed by atoms with Gasteiger partial charge in [0.2, 0.25) is 0 Å². The first kappa shape index (κ1) is 15.9. The summed E-state index contributed by atoms with van der Waals surface area (Å²) in [5.41, 5.74) is 3.82. The van der Waals surface area contributed by atoms with E-state index < -0.39 is 0 Å². The Hall–Kier alpha value is -3.28. The van der Waals surface area contributed by atoms with Gasteiger partial charge in [0.25, 0.3) is 0 Å². The fraction of sp³-hybridized carbons (Fsp3) is 0.190. The third-order valence-corrected chi connectivity index (χ3v) is 4.97. The lowest BCUT2D eigenvalue weighted by Gasteiger charge is -2.18. The summed E-state index contributed by atoms with van der Waals surface area (Å²) in [6, 6.07) is 13.0. The second kappa shape index (κ2) is 6.46. The van der Waals surface area contributed by atoms with Crippen LogP contribution in [0.15, 0.2) is 61.1 Å². The SMILES string of the molecule is Fc1ccc(N2CCCC2)cc1-n1cc2cc(-c3ccccn3)cnc2n1. The number of rotatable bonds is 3. The standard InChI is InChI=1S/C21H18FN5/c22-18-7-6-17(26-9-3-4-10-26)12-20(18)27-14-16-11-15(13-24-21(16)25-27)19-5-1-2-8-23-19/h1-2,5-8,11-14H,3-4,9-10H2. The number of hydrogen-bond donors (Lipinski definition) is 0. The summed E-state index contributed by atoms with van der Waals surface area (Å²) < 4.78 is 16.1. The van der Waals surface area contributed by atoms with Gasteiger partial charge in [0.1, 0.15) is 11.5 Å². The molecule has 0 spiro atoms. The molecule has 1 aliphatic rings. The minimum Gasteiger partial charge on any atom is -0.371 e. The van der Waals surface area contributed by atoms with Crippen LogP contribution in [-0.4, -0.2) is 32.8 Å². The molecule has 5 rings (SSSR count). The molecule has 0 amide bonds. The lowest BCUT2D eigenvalue weighted by molar-refractivity contribution is 0.611. The van der Waals surface area contributed by atoms with Crippen molar-refractivity contribution in [3.05, 3.63) is 66.9 Å². The van der Waals surface area contributed by atoms with Gasteiger partial charge >= 0.3 is 0 Å². The Kier molecular flexibility index (Phi) is 3.81. The maximum Gasteiger partial charge on any atom is 0.181 e. The van der Waals surface area contributed by atoms with Crippen LogP contribution in [0.5, 0.6) is 0 Å². The summed E-state index contributed by atoms with van der Waals surface area (Å²) in [6.45, 7) is 2.03. The number of nitrogens with zero attached hydrogens (tertiary/aromatic N) is 5. The number of halogens is 1. The normalized spacial score (nSPS) is 14.2. The number of benzene rings is 1. The maximum atomic E-state index is 14.5. The summed E-state index contributed by atoms with van der Waals surface area (Å²) in [6.07, 6.45) is 7.68. The van der Waals surface area contributed by atoms with Crippen molar-refractivity contribution in [2.24, 2.45) is 0 Å². The second-order valence-electron chi connectivity index (χ2n) is 6.76. The average molecular weight is 359 g/mol. The van der Waals surface area contributed by atoms with E-state index in [0.29, 0.717) is 11.3 Å². The molecule has 134 valence electrons. The van der Waals surface area contributed by atoms with Gasteiger partial charge in [-0.25, -0.2) is 14.1 Å². The maximum absolute atomic E-state index is 14.5. The fourth-order valence-electron chi connectivity index (χ4n) is 3.56. The van der Waals surface area contributed by atoms with Crippen LogP contribution >= 0.6 is 0 Å². The molecule has 1 fully saturated rings. The molecule has 0 aliphatic carbocycles. The first-order chi connectivity index (χ1) is 13.3. The fourth-order valence-corrected chi connectivity index (χ4v) is 3.56. The zero-order valence-corrected chi connectivity index (χ0v) is 14.7. The van der Waals surface area contributed by atoms with Gasteiger partial charge < -0.3 is 4.90 Å². The van der Waals surface area contributed by atoms with E-state index in [4.69, 9.17) is 0 Å². The van der Waals surface area contributed by atoms with Crippen LogP contribution in [0, 0.1) is 5.82 Å². The highest BCUT2D eigenvalue weighted by Gasteiger charge is 2.16. The predicted molar refractivity (Wildman–Crippen MR) is 104 cm³/mol. The van der Waals surface area contributed by atoms with E-state index >= 15 is 0 Å². The van der Waals surface area contributed by atoms with Crippen LogP contribution in [0.3, 0.4) is 0 Å². The quantitative estimate of drug-likeness (QED) is 0.549. The van der Waals surface area contributed by atoms with E-state index in [9.17, 15) is 4.39 Å². The molecule has 3 aromatic heterocycles. The van der Waals surface area contributed by atoms with E-state index in [-0.39, 0.29) is 5.82 Å². The van der Waals surface area contributed by atoms with Gasteiger partial charge in [0.05, 0.1) is 5.69 Å². The van der Waals surface area contributed by atoms with Crippen LogP contribution < -0.4 is 4.90 Å². The molecule has 0 saturated carbocycles. The Labute approximate surface area is 156 Å². The highest BCUT2D eigenvalue weighted by atomic mass is 19.1. The molecule has 4 heterocycles. The van der Waals surface area contributed by atoms with Crippen LogP contribution in [0.1, 0.15) is 12.8 Å². The Morgan fingerprint density at radius 1 is 0.963 bits per heavy atom. The highest BCUT2D eigenvalue weighted by Crippen LogP contribution is 2.26. The zero-order chi connectivity index (χ0) is 18.2. The molecule has 1 saturated heterocycles. The minimum atomic E-state index is -0.296. The van der Waals surface area contributed by atoms with E-state index in [2.05, 4.69) is 20.0 Å². The van der Waals surface area contributed by atoms with Gasteiger partial charge in [-0.15, -0.1) is 5.10 Å². The second-order valence-corrected chi connectivity index (χ2v) is 6.76. The number of aromatic nitrogens is 4. The average Bonchev–Trinajstić information content (AvgIpc) is 3.38. The van der Waals surface area contributed by atoms with Gasteiger partial charge in [0.15, 0.2) is 5.65 Å². The van der Waals surface area contributed by atoms with E-state index in [1.165, 1.54) is 18.9 Å². The molecule has 4 aromatic rings. The molecule has 27 heavy (non-hydrogen) atoms. The summed E-state index contributed by atoms with van der Waals surface area (Å²) in [7, 11) is 0. The van der Waals surface area contributed by atoms with Crippen molar-refractivity contribution in [2.75, 3.05) is 18.0 Å². The van der Waals surface area contributed by atoms with E-state index in [0.717, 1.165) is 35.4 Å². The third kappa shape index (κ3) is 2.93. The van der Waals surface area contributed by atoms with Crippen molar-refractivity contribution in [2.45, 2.75) is 12.8 Å². The first-order valence-corrected chi connectivity index (χ1v) is 9.10. The summed E-state index contributed by atoms with van der Waals surface area (Å²) in [5.74, 6) is -0.296. The molecular formula is C21H18FN5. The van der Waals surface area contributed by atoms with Gasteiger partial charge in [0, 0.05) is 48.3 Å². The van der Waals surface area contributed by atoms with Crippen molar-refractivity contribution >= 4 is 16.7 Å². The molecule has 0 bridgehead atoms. The summed E-state index contributed by atoms with van der Waals surface area (Å²) >= 11 is 0. The summed E-state index contributed by atoms with van der Waals surface area (Å²) in [4.78, 5) is 11.1. The van der Waals surface area contributed by atoms with Crippen LogP contribution in [-0.2, 0) is 0 Å². The number of anilines is 1. The van der Waals surface area contributed by atoms with Gasteiger partial charge in [-0.2, -0.15) is 0 Å². The smallest absolute Gasteiger partial charge is 0.181 e. The molecule has 0 atom stereocenters. The van der Waals surface area contributed by atoms with Gasteiger partial charge in [-0.05, 0) is 49.2 Å². The molecule has 5 nitrogen and oxygen atoms in total. The topological polar surface area (TPSA) is 46.8 Å².